The molecule has 2 heterocycles. The molecule has 2 rings (SSSR count). The highest BCUT2D eigenvalue weighted by Gasteiger charge is 2.46. The summed E-state index contributed by atoms with van der Waals surface area (Å²) >= 11 is 0. The van der Waals surface area contributed by atoms with Gasteiger partial charge in [0.15, 0.2) is 5.54 Å². The van der Waals surface area contributed by atoms with Gasteiger partial charge in [0.25, 0.3) is 0 Å². The van der Waals surface area contributed by atoms with Gasteiger partial charge in [-0.1, -0.05) is 0 Å². The zero-order valence-corrected chi connectivity index (χ0v) is 11.0. The van der Waals surface area contributed by atoms with Crippen molar-refractivity contribution in [1.82, 2.24) is 15.5 Å². The molecule has 7 nitrogen and oxygen atoms in total. The number of primary amides is 1. The van der Waals surface area contributed by atoms with Crippen LogP contribution in [0.4, 0.5) is 0 Å². The third-order valence-corrected chi connectivity index (χ3v) is 3.58. The van der Waals surface area contributed by atoms with Gasteiger partial charge in [-0.2, -0.15) is 0 Å². The van der Waals surface area contributed by atoms with Crippen molar-refractivity contribution in [3.8, 4) is 0 Å². The second-order valence-corrected chi connectivity index (χ2v) is 4.75. The minimum Gasteiger partial charge on any atom is -0.384 e. The summed E-state index contributed by atoms with van der Waals surface area (Å²) in [6, 6.07) is 0. The number of carbonyl (C=O) groups is 2. The lowest BCUT2D eigenvalue weighted by molar-refractivity contribution is -0.140. The Morgan fingerprint density at radius 2 is 2.11 bits per heavy atom. The molecule has 0 spiro atoms. The SMILES string of the molecule is CC(C(N)=O)(C(=O)C1=CNCC=N1)N1CCNCC1. The largest absolute Gasteiger partial charge is 0.384 e. The summed E-state index contributed by atoms with van der Waals surface area (Å²) in [6.45, 7) is 4.84. The van der Waals surface area contributed by atoms with Crippen LogP contribution in [0.5, 0.6) is 0 Å². The lowest BCUT2D eigenvalue weighted by Gasteiger charge is -2.40. The van der Waals surface area contributed by atoms with E-state index in [9.17, 15) is 9.59 Å². The highest BCUT2D eigenvalue weighted by atomic mass is 16.2. The fourth-order valence-electron chi connectivity index (χ4n) is 2.29. The van der Waals surface area contributed by atoms with Crippen LogP contribution in [0, 0.1) is 0 Å². The topological polar surface area (TPSA) is 99.8 Å². The number of nitrogens with one attached hydrogen (secondary N) is 2. The summed E-state index contributed by atoms with van der Waals surface area (Å²) in [6.07, 6.45) is 3.14. The standard InChI is InChI=1S/C12H19N5O2/c1-12(11(13)19,17-6-4-14-5-7-17)10(18)9-8-15-2-3-16-9/h3,8,14-15H,2,4-7H2,1H3,(H2,13,19). The van der Waals surface area contributed by atoms with Crippen LogP contribution < -0.4 is 16.4 Å². The van der Waals surface area contributed by atoms with Gasteiger partial charge in [0.05, 0.1) is 0 Å². The number of piperazine rings is 1. The summed E-state index contributed by atoms with van der Waals surface area (Å²) in [4.78, 5) is 30.3. The van der Waals surface area contributed by atoms with Crippen LogP contribution >= 0.6 is 0 Å². The molecule has 0 aromatic heterocycles. The Morgan fingerprint density at radius 1 is 1.42 bits per heavy atom. The van der Waals surface area contributed by atoms with Gasteiger partial charge in [-0.05, 0) is 6.92 Å². The molecule has 2 aliphatic rings. The second-order valence-electron chi connectivity index (χ2n) is 4.75. The maximum atomic E-state index is 12.6. The zero-order valence-electron chi connectivity index (χ0n) is 11.0. The predicted octanol–water partition coefficient (Wildman–Crippen LogP) is -1.78. The normalized spacial score (nSPS) is 23.1. The quantitative estimate of drug-likeness (QED) is 0.522. The van der Waals surface area contributed by atoms with Gasteiger partial charge in [-0.25, -0.2) is 0 Å². The lowest BCUT2D eigenvalue weighted by Crippen LogP contribution is -2.65. The van der Waals surface area contributed by atoms with Crippen molar-refractivity contribution in [2.75, 3.05) is 32.7 Å². The Hall–Kier alpha value is -1.73. The van der Waals surface area contributed by atoms with Crippen molar-refractivity contribution >= 4 is 17.9 Å². The number of nitrogens with zero attached hydrogens (tertiary/aromatic N) is 2. The van der Waals surface area contributed by atoms with E-state index in [1.165, 1.54) is 6.20 Å². The maximum Gasteiger partial charge on any atom is 0.245 e. The molecule has 2 aliphatic heterocycles. The summed E-state index contributed by atoms with van der Waals surface area (Å²) in [5.74, 6) is -0.994. The molecule has 1 unspecified atom stereocenters. The monoisotopic (exact) mass is 265 g/mol. The average Bonchev–Trinajstić information content (AvgIpc) is 2.47. The molecule has 4 N–H and O–H groups in total. The molecule has 0 aliphatic carbocycles. The molecule has 0 aromatic rings. The maximum absolute atomic E-state index is 12.6. The molecule has 1 atom stereocenters. The van der Waals surface area contributed by atoms with Crippen LogP contribution in [0.15, 0.2) is 16.9 Å². The average molecular weight is 265 g/mol. The number of aliphatic imine (C=N–C) groups is 1. The first kappa shape index (κ1) is 13.7. The van der Waals surface area contributed by atoms with E-state index in [-0.39, 0.29) is 11.5 Å². The van der Waals surface area contributed by atoms with Gasteiger partial charge in [-0.3, -0.25) is 19.5 Å². The second kappa shape index (κ2) is 5.50. The van der Waals surface area contributed by atoms with E-state index in [1.807, 2.05) is 4.90 Å². The first-order chi connectivity index (χ1) is 9.06. The van der Waals surface area contributed by atoms with Crippen molar-refractivity contribution in [3.63, 3.8) is 0 Å². The van der Waals surface area contributed by atoms with Gasteiger partial charge in [0, 0.05) is 45.1 Å². The minimum atomic E-state index is -1.34. The van der Waals surface area contributed by atoms with Crippen LogP contribution in [0.3, 0.4) is 0 Å². The number of amides is 1. The van der Waals surface area contributed by atoms with E-state index in [0.717, 1.165) is 13.1 Å². The molecule has 1 saturated heterocycles. The van der Waals surface area contributed by atoms with Crippen molar-refractivity contribution in [1.29, 1.82) is 0 Å². The van der Waals surface area contributed by atoms with Gasteiger partial charge < -0.3 is 16.4 Å². The molecule has 1 amide bonds. The summed E-state index contributed by atoms with van der Waals surface area (Å²) < 4.78 is 0. The number of hydrogen-bond acceptors (Lipinski definition) is 6. The highest BCUT2D eigenvalue weighted by Crippen LogP contribution is 2.21. The number of hydrogen-bond donors (Lipinski definition) is 3. The number of Topliss-reactive ketones (excluding diaryl/α,β-unsaturated/α-hetero) is 1. The van der Waals surface area contributed by atoms with Crippen LogP contribution in [-0.2, 0) is 9.59 Å². The molecule has 0 aromatic carbocycles. The zero-order chi connectivity index (χ0) is 13.9. The smallest absolute Gasteiger partial charge is 0.245 e. The van der Waals surface area contributed by atoms with E-state index in [4.69, 9.17) is 5.73 Å². The Labute approximate surface area is 111 Å². The number of rotatable bonds is 4. The molecule has 0 radical (unpaired) electrons. The van der Waals surface area contributed by atoms with Gasteiger partial charge in [0.1, 0.15) is 5.70 Å². The van der Waals surface area contributed by atoms with Crippen LogP contribution in [0.25, 0.3) is 0 Å². The Morgan fingerprint density at radius 3 is 2.63 bits per heavy atom. The first-order valence-electron chi connectivity index (χ1n) is 6.33. The van der Waals surface area contributed by atoms with E-state index >= 15 is 0 Å². The van der Waals surface area contributed by atoms with Crippen molar-refractivity contribution in [2.24, 2.45) is 10.7 Å². The Balaban J connectivity index is 2.27. The van der Waals surface area contributed by atoms with Crippen LogP contribution in [-0.4, -0.2) is 61.1 Å². The number of ketones is 1. The fourth-order valence-corrected chi connectivity index (χ4v) is 2.29. The molecular weight excluding hydrogens is 246 g/mol. The van der Waals surface area contributed by atoms with E-state index in [0.29, 0.717) is 19.6 Å². The van der Waals surface area contributed by atoms with Crippen molar-refractivity contribution < 1.29 is 9.59 Å². The van der Waals surface area contributed by atoms with Crippen molar-refractivity contribution in [3.05, 3.63) is 11.9 Å². The summed E-state index contributed by atoms with van der Waals surface area (Å²) in [7, 11) is 0. The third kappa shape index (κ3) is 2.52. The molecular formula is C12H19N5O2. The number of carbonyl (C=O) groups excluding carboxylic acids is 2. The van der Waals surface area contributed by atoms with Gasteiger partial charge >= 0.3 is 0 Å². The third-order valence-electron chi connectivity index (χ3n) is 3.58. The molecule has 0 saturated carbocycles. The molecule has 1 fully saturated rings. The fraction of sp³-hybridized carbons (Fsp3) is 0.583. The number of nitrogens with two attached hydrogens (primary N) is 1. The minimum absolute atomic E-state index is 0.242. The first-order valence-corrected chi connectivity index (χ1v) is 6.33. The van der Waals surface area contributed by atoms with Crippen LogP contribution in [0.1, 0.15) is 6.92 Å². The predicted molar refractivity (Wildman–Crippen MR) is 71.6 cm³/mol. The van der Waals surface area contributed by atoms with Crippen molar-refractivity contribution in [2.45, 2.75) is 12.5 Å². The van der Waals surface area contributed by atoms with E-state index in [2.05, 4.69) is 15.6 Å². The van der Waals surface area contributed by atoms with Crippen LogP contribution in [0.2, 0.25) is 0 Å². The summed E-state index contributed by atoms with van der Waals surface area (Å²) in [5, 5.41) is 6.10. The molecule has 104 valence electrons. The van der Waals surface area contributed by atoms with Gasteiger partial charge in [0.2, 0.25) is 11.7 Å². The Bertz CT molecular complexity index is 439. The molecule has 0 bridgehead atoms. The highest BCUT2D eigenvalue weighted by molar-refractivity contribution is 6.17. The molecule has 7 heteroatoms. The van der Waals surface area contributed by atoms with E-state index in [1.54, 1.807) is 13.1 Å². The van der Waals surface area contributed by atoms with E-state index < -0.39 is 11.4 Å². The molecule has 19 heavy (non-hydrogen) atoms. The van der Waals surface area contributed by atoms with Gasteiger partial charge in [-0.15, -0.1) is 0 Å². The Kier molecular flexibility index (Phi) is 3.96. The summed E-state index contributed by atoms with van der Waals surface area (Å²) in [5.41, 5.74) is 4.39. The lowest BCUT2D eigenvalue weighted by atomic mass is 9.90.